The number of hydrogen-bond acceptors (Lipinski definition) is 5. The summed E-state index contributed by atoms with van der Waals surface area (Å²) in [6.07, 6.45) is -5.48. The van der Waals surface area contributed by atoms with E-state index in [1.807, 2.05) is 0 Å². The number of ether oxygens (including phenoxy) is 3. The fraction of sp³-hybridized carbons (Fsp3) is 1.00. The van der Waals surface area contributed by atoms with Crippen LogP contribution in [-0.4, -0.2) is 56.9 Å². The summed E-state index contributed by atoms with van der Waals surface area (Å²) in [5.41, 5.74) is 0. The molecule has 1 heterocycles. The summed E-state index contributed by atoms with van der Waals surface area (Å²) >= 11 is 0. The van der Waals surface area contributed by atoms with Crippen LogP contribution in [0, 0.1) is 0 Å². The lowest BCUT2D eigenvalue weighted by Gasteiger charge is -2.23. The van der Waals surface area contributed by atoms with Gasteiger partial charge in [-0.05, 0) is 0 Å². The largest absolute Gasteiger partial charge is 0.459 e. The Kier molecular flexibility index (Phi) is 4.54. The maximum Gasteiger partial charge on any atom is 0.459 e. The molecule has 1 unspecified atom stereocenters. The van der Waals surface area contributed by atoms with E-state index in [1.165, 1.54) is 0 Å². The summed E-state index contributed by atoms with van der Waals surface area (Å²) < 4.78 is 91.6. The highest BCUT2D eigenvalue weighted by atomic mass is 32.2. The summed E-state index contributed by atoms with van der Waals surface area (Å²) in [5, 5.41) is -5.72. The molecule has 1 saturated heterocycles. The highest BCUT2D eigenvalue weighted by Gasteiger charge is 2.67. The molecule has 0 aliphatic carbocycles. The minimum absolute atomic E-state index is 0.101. The molecule has 0 saturated carbocycles. The van der Waals surface area contributed by atoms with Gasteiger partial charge in [0.25, 0.3) is 0 Å². The Morgan fingerprint density at radius 3 is 2.28 bits per heavy atom. The van der Waals surface area contributed by atoms with Crippen molar-refractivity contribution in [3.8, 4) is 0 Å². The summed E-state index contributed by atoms with van der Waals surface area (Å²) in [6.45, 7) is -0.844. The standard InChI is InChI=1S/C7H10F4O6S/c8-6(9,7(10,11)18(12,13)14)17-2-1-15-3-5-4-16-5/h5H,1-4H2,(H,12,13,14). The van der Waals surface area contributed by atoms with Crippen LogP contribution in [0.1, 0.15) is 0 Å². The van der Waals surface area contributed by atoms with Gasteiger partial charge in [0.1, 0.15) is 6.10 Å². The van der Waals surface area contributed by atoms with E-state index in [0.29, 0.717) is 6.61 Å². The molecule has 0 spiro atoms. The lowest BCUT2D eigenvalue weighted by Crippen LogP contribution is -2.49. The van der Waals surface area contributed by atoms with Gasteiger partial charge < -0.3 is 14.2 Å². The van der Waals surface area contributed by atoms with Crippen LogP contribution in [0.5, 0.6) is 0 Å². The molecular weight excluding hydrogens is 288 g/mol. The highest BCUT2D eigenvalue weighted by Crippen LogP contribution is 2.38. The van der Waals surface area contributed by atoms with E-state index in [9.17, 15) is 26.0 Å². The molecular formula is C7H10F4O6S. The van der Waals surface area contributed by atoms with E-state index >= 15 is 0 Å². The fourth-order valence-corrected chi connectivity index (χ4v) is 1.20. The first-order valence-electron chi connectivity index (χ1n) is 4.64. The van der Waals surface area contributed by atoms with Crippen LogP contribution in [0.15, 0.2) is 0 Å². The Labute approximate surface area is 99.6 Å². The highest BCUT2D eigenvalue weighted by molar-refractivity contribution is 7.86. The van der Waals surface area contributed by atoms with Gasteiger partial charge in [0.15, 0.2) is 0 Å². The Morgan fingerprint density at radius 1 is 1.28 bits per heavy atom. The average molecular weight is 298 g/mol. The smallest absolute Gasteiger partial charge is 0.376 e. The molecule has 0 aromatic carbocycles. The van der Waals surface area contributed by atoms with Gasteiger partial charge in [-0.1, -0.05) is 0 Å². The van der Waals surface area contributed by atoms with Crippen molar-refractivity contribution in [2.24, 2.45) is 0 Å². The van der Waals surface area contributed by atoms with Gasteiger partial charge in [0.05, 0.1) is 26.4 Å². The lowest BCUT2D eigenvalue weighted by atomic mass is 10.5. The van der Waals surface area contributed by atoms with Gasteiger partial charge >= 0.3 is 21.5 Å². The summed E-state index contributed by atoms with van der Waals surface area (Å²) in [5.74, 6) is 0. The molecule has 0 radical (unpaired) electrons. The zero-order valence-corrected chi connectivity index (χ0v) is 9.63. The zero-order chi connectivity index (χ0) is 14.0. The first-order chi connectivity index (χ1) is 8.08. The van der Waals surface area contributed by atoms with Crippen LogP contribution in [-0.2, 0) is 24.3 Å². The molecule has 11 heteroatoms. The molecule has 18 heavy (non-hydrogen) atoms. The Balaban J connectivity index is 2.37. The van der Waals surface area contributed by atoms with Crippen molar-refractivity contribution in [2.75, 3.05) is 26.4 Å². The molecule has 1 aliphatic heterocycles. The van der Waals surface area contributed by atoms with Gasteiger partial charge in [-0.15, -0.1) is 0 Å². The van der Waals surface area contributed by atoms with Crippen LogP contribution in [0.25, 0.3) is 0 Å². The SMILES string of the molecule is O=S(=O)(O)C(F)(F)C(F)(F)OCCOCC1CO1. The predicted octanol–water partition coefficient (Wildman–Crippen LogP) is 0.492. The van der Waals surface area contributed by atoms with E-state index < -0.39 is 34.7 Å². The molecule has 0 aromatic rings. The summed E-state index contributed by atoms with van der Waals surface area (Å²) in [7, 11) is -6.28. The Hall–Kier alpha value is -0.490. The van der Waals surface area contributed by atoms with Crippen molar-refractivity contribution >= 4 is 10.1 Å². The first kappa shape index (κ1) is 15.6. The van der Waals surface area contributed by atoms with Gasteiger partial charge in [0, 0.05) is 0 Å². The fourth-order valence-electron chi connectivity index (χ4n) is 0.842. The van der Waals surface area contributed by atoms with Crippen LogP contribution in [0.4, 0.5) is 17.6 Å². The Morgan fingerprint density at radius 2 is 1.83 bits per heavy atom. The lowest BCUT2D eigenvalue weighted by molar-refractivity contribution is -0.320. The van der Waals surface area contributed by atoms with E-state index in [0.717, 1.165) is 0 Å². The maximum atomic E-state index is 12.7. The van der Waals surface area contributed by atoms with Crippen molar-refractivity contribution in [3.05, 3.63) is 0 Å². The second-order valence-corrected chi connectivity index (χ2v) is 4.85. The molecule has 6 nitrogen and oxygen atoms in total. The number of alkyl halides is 4. The van der Waals surface area contributed by atoms with Crippen molar-refractivity contribution in [3.63, 3.8) is 0 Å². The molecule has 0 amide bonds. The number of epoxide rings is 1. The molecule has 1 fully saturated rings. The minimum Gasteiger partial charge on any atom is -0.376 e. The van der Waals surface area contributed by atoms with E-state index in [-0.39, 0.29) is 12.7 Å². The molecule has 0 aromatic heterocycles. The Bertz CT molecular complexity index is 379. The van der Waals surface area contributed by atoms with Crippen molar-refractivity contribution < 1.29 is 44.7 Å². The average Bonchev–Trinajstić information content (AvgIpc) is 2.98. The third-order valence-electron chi connectivity index (χ3n) is 1.88. The van der Waals surface area contributed by atoms with Crippen LogP contribution < -0.4 is 0 Å². The van der Waals surface area contributed by atoms with E-state index in [4.69, 9.17) is 14.0 Å². The molecule has 0 bridgehead atoms. The number of halogens is 4. The molecule has 1 aliphatic rings. The van der Waals surface area contributed by atoms with Crippen molar-refractivity contribution in [1.82, 2.24) is 0 Å². The zero-order valence-electron chi connectivity index (χ0n) is 8.81. The normalized spacial score (nSPS) is 21.1. The van der Waals surface area contributed by atoms with Gasteiger partial charge in [-0.2, -0.15) is 26.0 Å². The molecule has 1 N–H and O–H groups in total. The minimum atomic E-state index is -6.28. The second-order valence-electron chi connectivity index (χ2n) is 3.39. The second kappa shape index (κ2) is 5.25. The van der Waals surface area contributed by atoms with Crippen LogP contribution in [0.3, 0.4) is 0 Å². The predicted molar refractivity (Wildman–Crippen MR) is 48.0 cm³/mol. The first-order valence-corrected chi connectivity index (χ1v) is 6.08. The van der Waals surface area contributed by atoms with E-state index in [2.05, 4.69) is 4.74 Å². The number of rotatable bonds is 8. The van der Waals surface area contributed by atoms with Gasteiger partial charge in [0.2, 0.25) is 0 Å². The van der Waals surface area contributed by atoms with Gasteiger partial charge in [-0.3, -0.25) is 4.55 Å². The topological polar surface area (TPSA) is 85.4 Å². The number of hydrogen-bond donors (Lipinski definition) is 1. The van der Waals surface area contributed by atoms with Crippen molar-refractivity contribution in [1.29, 1.82) is 0 Å². The van der Waals surface area contributed by atoms with Crippen LogP contribution in [0.2, 0.25) is 0 Å². The molecule has 108 valence electrons. The maximum absolute atomic E-state index is 12.7. The monoisotopic (exact) mass is 298 g/mol. The van der Waals surface area contributed by atoms with Gasteiger partial charge in [-0.25, -0.2) is 0 Å². The summed E-state index contributed by atoms with van der Waals surface area (Å²) in [6, 6.07) is 0. The molecule has 1 rings (SSSR count). The van der Waals surface area contributed by atoms with Crippen molar-refractivity contribution in [2.45, 2.75) is 17.5 Å². The third kappa shape index (κ3) is 3.75. The molecule has 1 atom stereocenters. The third-order valence-corrected chi connectivity index (χ3v) is 2.77. The van der Waals surface area contributed by atoms with E-state index in [1.54, 1.807) is 0 Å². The van der Waals surface area contributed by atoms with Crippen LogP contribution >= 0.6 is 0 Å². The summed E-state index contributed by atoms with van der Waals surface area (Å²) in [4.78, 5) is 0. The quantitative estimate of drug-likeness (QED) is 0.304.